The first-order valence-electron chi connectivity index (χ1n) is 21.4. The number of unbranched alkanes of at least 4 members (excludes halogenated alkanes) is 1. The molecule has 1 N–H and O–H groups in total. The lowest BCUT2D eigenvalue weighted by molar-refractivity contribution is 0.220. The average Bonchev–Trinajstić information content (AvgIpc) is 3.67. The number of nitrogens with one attached hydrogen (secondary N) is 1. The fraction of sp³-hybridized carbons (Fsp3) is 0.278. The molecule has 1 atom stereocenters. The summed E-state index contributed by atoms with van der Waals surface area (Å²) < 4.78 is 9.88. The molecular weight excluding hydrogens is 735 g/mol. The molecule has 59 heavy (non-hydrogen) atoms. The normalized spacial score (nSPS) is 13.0. The van der Waals surface area contributed by atoms with Gasteiger partial charge in [-0.3, -0.25) is 5.32 Å². The number of aryl methyl sites for hydroxylation is 1. The second-order valence-corrected chi connectivity index (χ2v) is 22.2. The molecule has 7 aromatic rings. The van der Waals surface area contributed by atoms with E-state index >= 15 is 0 Å². The predicted molar refractivity (Wildman–Crippen MR) is 248 cm³/mol. The van der Waals surface area contributed by atoms with E-state index in [0.29, 0.717) is 13.0 Å². The number of imidazole rings is 1. The summed E-state index contributed by atoms with van der Waals surface area (Å²) in [7, 11) is -2.18. The summed E-state index contributed by atoms with van der Waals surface area (Å²) in [6.07, 6.45) is 5.82. The van der Waals surface area contributed by atoms with Crippen molar-refractivity contribution in [3.05, 3.63) is 233 Å². The van der Waals surface area contributed by atoms with Gasteiger partial charge in [-0.05, 0) is 57.9 Å². The number of aromatic nitrogens is 2. The highest BCUT2D eigenvalue weighted by Crippen LogP contribution is 2.44. The van der Waals surface area contributed by atoms with Gasteiger partial charge >= 0.3 is 0 Å². The lowest BCUT2D eigenvalue weighted by Gasteiger charge is -2.43. The Morgan fingerprint density at radius 2 is 0.949 bits per heavy atom. The van der Waals surface area contributed by atoms with E-state index in [1.54, 1.807) is 0 Å². The second kappa shape index (κ2) is 18.3. The minimum atomic E-state index is -2.18. The van der Waals surface area contributed by atoms with E-state index in [4.69, 9.17) is 9.41 Å². The van der Waals surface area contributed by atoms with Crippen LogP contribution in [0.4, 0.5) is 0 Å². The summed E-state index contributed by atoms with van der Waals surface area (Å²) in [5.74, 6) is 1.09. The first kappa shape index (κ1) is 41.8. The Kier molecular flexibility index (Phi) is 13.0. The molecule has 302 valence electrons. The summed E-state index contributed by atoms with van der Waals surface area (Å²) in [4.78, 5) is 5.37. The van der Waals surface area contributed by atoms with Crippen LogP contribution in [0.2, 0.25) is 18.1 Å². The van der Waals surface area contributed by atoms with Crippen LogP contribution in [0.3, 0.4) is 0 Å². The van der Waals surface area contributed by atoms with Gasteiger partial charge in [-0.1, -0.05) is 216 Å². The Balaban J connectivity index is 1.49. The SMILES string of the molecule is CCCCc1ncc(CC(CO[Si](C)(C)C(C)(C)C)NC(c2ccccc2)(c2ccccc2)c2ccccc2)n1C(c1ccccc1)(c1ccccc1)c1ccccc1. The molecule has 0 bridgehead atoms. The van der Waals surface area contributed by atoms with Crippen molar-refractivity contribution in [2.75, 3.05) is 6.61 Å². The Labute approximate surface area is 354 Å². The highest BCUT2D eigenvalue weighted by molar-refractivity contribution is 6.74. The van der Waals surface area contributed by atoms with Gasteiger partial charge in [0.15, 0.2) is 8.32 Å². The summed E-state index contributed by atoms with van der Waals surface area (Å²) in [5, 5.41) is 4.44. The number of benzene rings is 6. The summed E-state index contributed by atoms with van der Waals surface area (Å²) in [6, 6.07) is 65.8. The van der Waals surface area contributed by atoms with Crippen molar-refractivity contribution in [3.8, 4) is 0 Å². The van der Waals surface area contributed by atoms with Gasteiger partial charge in [0.25, 0.3) is 0 Å². The molecule has 0 amide bonds. The molecule has 4 nitrogen and oxygen atoms in total. The zero-order valence-corrected chi connectivity index (χ0v) is 36.8. The molecule has 0 aliphatic carbocycles. The number of hydrogen-bond donors (Lipinski definition) is 1. The van der Waals surface area contributed by atoms with Crippen LogP contribution >= 0.6 is 0 Å². The molecule has 7 rings (SSSR count). The molecule has 6 aromatic carbocycles. The predicted octanol–water partition coefficient (Wildman–Crippen LogP) is 12.6. The van der Waals surface area contributed by atoms with Gasteiger partial charge in [0.05, 0.1) is 5.54 Å². The van der Waals surface area contributed by atoms with Crippen LogP contribution in [0, 0.1) is 0 Å². The maximum absolute atomic E-state index is 7.28. The van der Waals surface area contributed by atoms with Gasteiger partial charge in [-0.25, -0.2) is 4.98 Å². The van der Waals surface area contributed by atoms with E-state index in [9.17, 15) is 0 Å². The van der Waals surface area contributed by atoms with Crippen LogP contribution in [0.1, 0.15) is 85.4 Å². The molecule has 0 aliphatic heterocycles. The van der Waals surface area contributed by atoms with Gasteiger partial charge in [0.1, 0.15) is 11.4 Å². The highest BCUT2D eigenvalue weighted by Gasteiger charge is 2.44. The van der Waals surface area contributed by atoms with E-state index in [-0.39, 0.29) is 11.1 Å². The van der Waals surface area contributed by atoms with Crippen molar-refractivity contribution in [2.24, 2.45) is 0 Å². The van der Waals surface area contributed by atoms with Crippen LogP contribution in [0.5, 0.6) is 0 Å². The molecule has 0 spiro atoms. The zero-order chi connectivity index (χ0) is 41.4. The van der Waals surface area contributed by atoms with Crippen molar-refractivity contribution in [1.29, 1.82) is 0 Å². The highest BCUT2D eigenvalue weighted by atomic mass is 28.4. The van der Waals surface area contributed by atoms with Crippen LogP contribution < -0.4 is 5.32 Å². The molecule has 0 saturated heterocycles. The summed E-state index contributed by atoms with van der Waals surface area (Å²) in [6.45, 7) is 14.5. The van der Waals surface area contributed by atoms with Crippen LogP contribution in [0.15, 0.2) is 188 Å². The van der Waals surface area contributed by atoms with E-state index in [2.05, 4.69) is 239 Å². The summed E-state index contributed by atoms with van der Waals surface area (Å²) in [5.41, 5.74) is 6.91. The third-order valence-corrected chi connectivity index (χ3v) is 17.0. The molecular formula is C54H61N3OSi. The van der Waals surface area contributed by atoms with Gasteiger partial charge in [-0.15, -0.1) is 0 Å². The summed E-state index contributed by atoms with van der Waals surface area (Å²) >= 11 is 0. The number of rotatable bonds is 17. The van der Waals surface area contributed by atoms with Gasteiger partial charge in [0.2, 0.25) is 0 Å². The fourth-order valence-corrected chi connectivity index (χ4v) is 9.52. The van der Waals surface area contributed by atoms with Crippen molar-refractivity contribution < 1.29 is 4.43 Å². The Morgan fingerprint density at radius 3 is 1.31 bits per heavy atom. The molecule has 0 saturated carbocycles. The second-order valence-electron chi connectivity index (χ2n) is 17.4. The molecule has 5 heteroatoms. The van der Waals surface area contributed by atoms with Gasteiger partial charge in [-0.2, -0.15) is 0 Å². The maximum atomic E-state index is 7.28. The van der Waals surface area contributed by atoms with Crippen LogP contribution in [0.25, 0.3) is 0 Å². The van der Waals surface area contributed by atoms with Crippen molar-refractivity contribution in [3.63, 3.8) is 0 Å². The van der Waals surface area contributed by atoms with Crippen LogP contribution in [-0.4, -0.2) is 30.5 Å². The minimum Gasteiger partial charge on any atom is -0.415 e. The lowest BCUT2D eigenvalue weighted by atomic mass is 9.75. The number of hydrogen-bond acceptors (Lipinski definition) is 3. The number of nitrogens with zero attached hydrogens (tertiary/aromatic N) is 2. The fourth-order valence-electron chi connectivity index (χ4n) is 8.47. The molecule has 1 heterocycles. The monoisotopic (exact) mass is 795 g/mol. The quantitative estimate of drug-likeness (QED) is 0.0737. The Morgan fingerprint density at radius 1 is 0.576 bits per heavy atom. The van der Waals surface area contributed by atoms with Crippen molar-refractivity contribution in [1.82, 2.24) is 14.9 Å². The van der Waals surface area contributed by atoms with Gasteiger partial charge < -0.3 is 8.99 Å². The molecule has 1 aromatic heterocycles. The van der Waals surface area contributed by atoms with Gasteiger partial charge in [0, 0.05) is 37.4 Å². The zero-order valence-electron chi connectivity index (χ0n) is 35.8. The smallest absolute Gasteiger partial charge is 0.192 e. The van der Waals surface area contributed by atoms with E-state index in [1.807, 2.05) is 0 Å². The first-order chi connectivity index (χ1) is 28.6. The van der Waals surface area contributed by atoms with E-state index in [1.165, 1.54) is 33.4 Å². The average molecular weight is 796 g/mol. The molecule has 0 aliphatic rings. The Bertz CT molecular complexity index is 2130. The third-order valence-electron chi connectivity index (χ3n) is 12.5. The topological polar surface area (TPSA) is 39.1 Å². The Hall–Kier alpha value is -5.33. The first-order valence-corrected chi connectivity index (χ1v) is 24.3. The third kappa shape index (κ3) is 8.56. The van der Waals surface area contributed by atoms with Crippen LogP contribution in [-0.2, 0) is 28.3 Å². The minimum absolute atomic E-state index is 0.0467. The largest absolute Gasteiger partial charge is 0.415 e. The standard InChI is InChI=1S/C54H61N3OSi/c1-7-8-39-51-55-41-50(57(51)54(46-33-21-12-22-34-46,47-35-23-13-24-36-47)48-37-25-14-26-38-48)40-49(42-58-59(5,6)52(2,3)4)56-53(43-27-15-9-16-28-43,44-29-17-10-18-30-44)45-31-19-11-20-32-45/h9-38,41,49,56H,7-8,39-40,42H2,1-6H3. The lowest BCUT2D eigenvalue weighted by Crippen LogP contribution is -2.54. The molecule has 0 fully saturated rings. The molecule has 0 radical (unpaired) electrons. The maximum Gasteiger partial charge on any atom is 0.192 e. The van der Waals surface area contributed by atoms with E-state index < -0.39 is 19.4 Å². The van der Waals surface area contributed by atoms with Crippen molar-refractivity contribution in [2.45, 2.75) is 88.6 Å². The molecule has 1 unspecified atom stereocenters. The van der Waals surface area contributed by atoms with E-state index in [0.717, 1.165) is 30.8 Å². The van der Waals surface area contributed by atoms with Crippen molar-refractivity contribution >= 4 is 8.32 Å².